The van der Waals surface area contributed by atoms with Gasteiger partial charge >= 0.3 is 0 Å². The Hall–Kier alpha value is -7.04. The molecule has 0 N–H and O–H groups in total. The molecule has 4 heteroatoms. The molecule has 0 saturated carbocycles. The Balaban J connectivity index is 1.09. The molecule has 6 aromatic carbocycles. The van der Waals surface area contributed by atoms with Crippen molar-refractivity contribution >= 4 is 10.9 Å². The van der Waals surface area contributed by atoms with E-state index in [4.69, 9.17) is 15.0 Å². The number of hydrogen-bond donors (Lipinski definition) is 0. The Morgan fingerprint density at radius 2 is 0.982 bits per heavy atom. The molecule has 0 fully saturated rings. The standard InChI is InChI=1S/C51H36N4/c1-51(2)43-16-8-6-14-41(43)49-48(51)47(42-15-7-9-17-44(42)53-49)38-26-28-39(29-27-38)50-54-45(36-22-18-34(19-23-36)33-11-4-3-5-12-33)31-46(55-50)37-24-20-35(21-25-37)40-13-10-30-52-32-40/h3-32H,1-2H3. The van der Waals surface area contributed by atoms with Gasteiger partial charge in [0.15, 0.2) is 5.82 Å². The van der Waals surface area contributed by atoms with Crippen molar-refractivity contribution in [2.75, 3.05) is 0 Å². The minimum Gasteiger partial charge on any atom is -0.264 e. The summed E-state index contributed by atoms with van der Waals surface area (Å²) in [5.41, 5.74) is 17.4. The highest BCUT2D eigenvalue weighted by Gasteiger charge is 2.39. The van der Waals surface area contributed by atoms with Crippen molar-refractivity contribution in [1.29, 1.82) is 0 Å². The molecule has 0 unspecified atom stereocenters. The molecule has 260 valence electrons. The van der Waals surface area contributed by atoms with Crippen LogP contribution in [0.15, 0.2) is 182 Å². The molecule has 0 spiro atoms. The summed E-state index contributed by atoms with van der Waals surface area (Å²) in [4.78, 5) is 19.9. The van der Waals surface area contributed by atoms with Crippen LogP contribution >= 0.6 is 0 Å². The zero-order valence-corrected chi connectivity index (χ0v) is 30.6. The lowest BCUT2D eigenvalue weighted by molar-refractivity contribution is 0.662. The summed E-state index contributed by atoms with van der Waals surface area (Å²) < 4.78 is 0. The van der Waals surface area contributed by atoms with Crippen LogP contribution in [-0.2, 0) is 5.41 Å². The van der Waals surface area contributed by atoms with Crippen LogP contribution in [0.1, 0.15) is 25.0 Å². The predicted molar refractivity (Wildman–Crippen MR) is 225 cm³/mol. The third-order valence-corrected chi connectivity index (χ3v) is 11.0. The third kappa shape index (κ3) is 5.71. The fourth-order valence-electron chi connectivity index (χ4n) is 8.17. The molecule has 3 aromatic heterocycles. The molecule has 0 saturated heterocycles. The lowest BCUT2D eigenvalue weighted by atomic mass is 9.78. The summed E-state index contributed by atoms with van der Waals surface area (Å²) in [5.74, 6) is 0.681. The monoisotopic (exact) mass is 704 g/mol. The Labute approximate surface area is 320 Å². The number of para-hydroxylation sites is 1. The normalized spacial score (nSPS) is 12.7. The number of fused-ring (bicyclic) bond motifs is 4. The number of benzene rings is 6. The van der Waals surface area contributed by atoms with Crippen LogP contribution < -0.4 is 0 Å². The highest BCUT2D eigenvalue weighted by Crippen LogP contribution is 2.53. The molecule has 0 radical (unpaired) electrons. The van der Waals surface area contributed by atoms with Crippen molar-refractivity contribution in [1.82, 2.24) is 19.9 Å². The van der Waals surface area contributed by atoms with E-state index in [2.05, 4.69) is 177 Å². The highest BCUT2D eigenvalue weighted by molar-refractivity contribution is 6.02. The summed E-state index contributed by atoms with van der Waals surface area (Å²) >= 11 is 0. The van der Waals surface area contributed by atoms with Crippen molar-refractivity contribution in [3.63, 3.8) is 0 Å². The van der Waals surface area contributed by atoms with E-state index in [9.17, 15) is 0 Å². The van der Waals surface area contributed by atoms with Gasteiger partial charge in [-0.05, 0) is 62.7 Å². The Morgan fingerprint density at radius 3 is 1.67 bits per heavy atom. The number of pyridine rings is 2. The van der Waals surface area contributed by atoms with Crippen LogP contribution in [0, 0.1) is 0 Å². The van der Waals surface area contributed by atoms with Crippen LogP contribution in [0.25, 0.3) is 89.4 Å². The van der Waals surface area contributed by atoms with Crippen LogP contribution in [0.4, 0.5) is 0 Å². The van der Waals surface area contributed by atoms with Crippen LogP contribution in [0.5, 0.6) is 0 Å². The lowest BCUT2D eigenvalue weighted by Crippen LogP contribution is -2.16. The van der Waals surface area contributed by atoms with Crippen molar-refractivity contribution in [3.05, 3.63) is 193 Å². The average Bonchev–Trinajstić information content (AvgIpc) is 3.48. The molecule has 0 bridgehead atoms. The van der Waals surface area contributed by atoms with Crippen molar-refractivity contribution in [2.45, 2.75) is 19.3 Å². The van der Waals surface area contributed by atoms with Gasteiger partial charge in [-0.2, -0.15) is 0 Å². The highest BCUT2D eigenvalue weighted by atomic mass is 14.9. The molecule has 55 heavy (non-hydrogen) atoms. The first kappa shape index (κ1) is 32.6. The summed E-state index contributed by atoms with van der Waals surface area (Å²) in [5, 5.41) is 1.16. The van der Waals surface area contributed by atoms with Crippen molar-refractivity contribution < 1.29 is 0 Å². The molecule has 4 nitrogen and oxygen atoms in total. The molecule has 3 heterocycles. The van der Waals surface area contributed by atoms with E-state index >= 15 is 0 Å². The zero-order chi connectivity index (χ0) is 36.9. The molecule has 10 rings (SSSR count). The number of aromatic nitrogens is 4. The third-order valence-electron chi connectivity index (χ3n) is 11.0. The van der Waals surface area contributed by atoms with Crippen LogP contribution in [0.2, 0.25) is 0 Å². The predicted octanol–water partition coefficient (Wildman–Crippen LogP) is 12.7. The molecular weight excluding hydrogens is 669 g/mol. The van der Waals surface area contributed by atoms with E-state index in [-0.39, 0.29) is 5.41 Å². The molecule has 9 aromatic rings. The summed E-state index contributed by atoms with van der Waals surface area (Å²) in [6.45, 7) is 4.64. The van der Waals surface area contributed by atoms with Gasteiger partial charge < -0.3 is 0 Å². The Kier molecular flexibility index (Phi) is 7.77. The summed E-state index contributed by atoms with van der Waals surface area (Å²) in [6, 6.07) is 59.8. The summed E-state index contributed by atoms with van der Waals surface area (Å²) in [6.07, 6.45) is 3.69. The van der Waals surface area contributed by atoms with Gasteiger partial charge in [0.25, 0.3) is 0 Å². The number of nitrogens with zero attached hydrogens (tertiary/aromatic N) is 4. The van der Waals surface area contributed by atoms with Gasteiger partial charge in [0.1, 0.15) is 0 Å². The first-order chi connectivity index (χ1) is 27.0. The molecule has 1 aliphatic carbocycles. The van der Waals surface area contributed by atoms with Crippen LogP contribution in [-0.4, -0.2) is 19.9 Å². The maximum Gasteiger partial charge on any atom is 0.160 e. The Bertz CT molecular complexity index is 2740. The fourth-order valence-corrected chi connectivity index (χ4v) is 8.17. The van der Waals surface area contributed by atoms with E-state index in [0.717, 1.165) is 61.4 Å². The fraction of sp³-hybridized carbons (Fsp3) is 0.0588. The Morgan fingerprint density at radius 1 is 0.436 bits per heavy atom. The van der Waals surface area contributed by atoms with Gasteiger partial charge in [-0.15, -0.1) is 0 Å². The second-order valence-corrected chi connectivity index (χ2v) is 14.7. The quantitative estimate of drug-likeness (QED) is 0.173. The van der Waals surface area contributed by atoms with Gasteiger partial charge in [0.2, 0.25) is 0 Å². The summed E-state index contributed by atoms with van der Waals surface area (Å²) in [7, 11) is 0. The lowest BCUT2D eigenvalue weighted by Gasteiger charge is -2.25. The second-order valence-electron chi connectivity index (χ2n) is 14.7. The largest absolute Gasteiger partial charge is 0.264 e. The van der Waals surface area contributed by atoms with Gasteiger partial charge in [0, 0.05) is 45.4 Å². The smallest absolute Gasteiger partial charge is 0.160 e. The van der Waals surface area contributed by atoms with E-state index in [0.29, 0.717) is 5.82 Å². The van der Waals surface area contributed by atoms with Crippen molar-refractivity contribution in [2.24, 2.45) is 0 Å². The number of rotatable bonds is 6. The van der Waals surface area contributed by atoms with Gasteiger partial charge in [0.05, 0.1) is 22.6 Å². The number of hydrogen-bond acceptors (Lipinski definition) is 4. The molecule has 0 atom stereocenters. The maximum atomic E-state index is 5.24. The van der Waals surface area contributed by atoms with Crippen LogP contribution in [0.3, 0.4) is 0 Å². The second kappa shape index (κ2) is 13.1. The molecule has 0 aliphatic heterocycles. The average molecular weight is 705 g/mol. The van der Waals surface area contributed by atoms with E-state index < -0.39 is 0 Å². The minimum atomic E-state index is -0.202. The first-order valence-electron chi connectivity index (χ1n) is 18.7. The van der Waals surface area contributed by atoms with Gasteiger partial charge in [-0.3, -0.25) is 4.98 Å². The van der Waals surface area contributed by atoms with Crippen molar-refractivity contribution in [3.8, 4) is 78.5 Å². The van der Waals surface area contributed by atoms with E-state index in [1.807, 2.05) is 18.3 Å². The molecular formula is C51H36N4. The topological polar surface area (TPSA) is 51.6 Å². The van der Waals surface area contributed by atoms with E-state index in [1.54, 1.807) is 6.20 Å². The SMILES string of the molecule is CC1(C)c2ccccc2-c2nc3ccccc3c(-c3ccc(-c4nc(-c5ccc(-c6ccccc6)cc5)cc(-c5ccc(-c6cccnc6)cc5)n4)cc3)c21. The molecule has 0 amide bonds. The van der Waals surface area contributed by atoms with E-state index in [1.165, 1.54) is 33.4 Å². The first-order valence-corrected chi connectivity index (χ1v) is 18.7. The minimum absolute atomic E-state index is 0.202. The molecule has 1 aliphatic rings. The zero-order valence-electron chi connectivity index (χ0n) is 30.6. The maximum absolute atomic E-state index is 5.24. The van der Waals surface area contributed by atoms with Gasteiger partial charge in [-0.25, -0.2) is 15.0 Å². The van der Waals surface area contributed by atoms with Gasteiger partial charge in [-0.1, -0.05) is 166 Å².